The van der Waals surface area contributed by atoms with Crippen LogP contribution in [0, 0.1) is 13.8 Å². The van der Waals surface area contributed by atoms with E-state index in [-0.39, 0.29) is 12.3 Å². The third kappa shape index (κ3) is 4.51. The van der Waals surface area contributed by atoms with Crippen molar-refractivity contribution < 1.29 is 0 Å². The van der Waals surface area contributed by atoms with Crippen molar-refractivity contribution in [1.82, 2.24) is 20.6 Å². The zero-order valence-corrected chi connectivity index (χ0v) is 22.5. The fourth-order valence-corrected chi connectivity index (χ4v) is 5.63. The average Bonchev–Trinajstić information content (AvgIpc) is 3.00. The van der Waals surface area contributed by atoms with Crippen LogP contribution in [-0.2, 0) is 0 Å². The van der Waals surface area contributed by atoms with Crippen molar-refractivity contribution >= 4 is 27.4 Å². The van der Waals surface area contributed by atoms with E-state index in [0.29, 0.717) is 0 Å². The van der Waals surface area contributed by atoms with Crippen LogP contribution in [0.3, 0.4) is 0 Å². The molecule has 0 saturated carbocycles. The van der Waals surface area contributed by atoms with Gasteiger partial charge in [-0.2, -0.15) is 0 Å². The maximum absolute atomic E-state index is 5.26. The minimum absolute atomic E-state index is 0.148. The zero-order chi connectivity index (χ0) is 27.1. The fraction of sp³-hybridized carbons (Fsp3) is 0.114. The van der Waals surface area contributed by atoms with E-state index in [0.717, 1.165) is 45.3 Å². The molecule has 0 bridgehead atoms. The van der Waals surface area contributed by atoms with Crippen molar-refractivity contribution in [3.63, 3.8) is 0 Å². The highest BCUT2D eigenvalue weighted by atomic mass is 15.3. The van der Waals surface area contributed by atoms with Crippen LogP contribution in [0.2, 0.25) is 0 Å². The first-order valence-corrected chi connectivity index (χ1v) is 13.6. The number of aromatic nitrogens is 2. The second-order valence-electron chi connectivity index (χ2n) is 10.3. The van der Waals surface area contributed by atoms with Crippen molar-refractivity contribution in [2.45, 2.75) is 26.2 Å². The van der Waals surface area contributed by atoms with Gasteiger partial charge in [-0.05, 0) is 52.6 Å². The molecule has 7 rings (SSSR count). The Balaban J connectivity index is 1.32. The number of aryl methyl sites for hydroxylation is 2. The lowest BCUT2D eigenvalue weighted by Gasteiger charge is -2.33. The van der Waals surface area contributed by atoms with Crippen LogP contribution in [0.5, 0.6) is 0 Å². The lowest BCUT2D eigenvalue weighted by molar-refractivity contribution is 0.411. The Bertz CT molecular complexity index is 1860. The Labute approximate surface area is 233 Å². The summed E-state index contributed by atoms with van der Waals surface area (Å²) in [5.41, 5.74) is 6.30. The van der Waals surface area contributed by atoms with Gasteiger partial charge in [-0.25, -0.2) is 15.0 Å². The van der Waals surface area contributed by atoms with E-state index in [1.54, 1.807) is 0 Å². The maximum atomic E-state index is 5.26. The maximum Gasteiger partial charge on any atom is 0.159 e. The molecule has 5 heteroatoms. The summed E-state index contributed by atoms with van der Waals surface area (Å²) in [6, 6.07) is 40.3. The van der Waals surface area contributed by atoms with Gasteiger partial charge >= 0.3 is 0 Å². The normalized spacial score (nSPS) is 17.0. The highest BCUT2D eigenvalue weighted by Crippen LogP contribution is 2.31. The summed E-state index contributed by atoms with van der Waals surface area (Å²) >= 11 is 0. The van der Waals surface area contributed by atoms with Crippen molar-refractivity contribution in [2.75, 3.05) is 0 Å². The summed E-state index contributed by atoms with van der Waals surface area (Å²) in [6.45, 7) is 4.01. The van der Waals surface area contributed by atoms with E-state index in [1.807, 2.05) is 19.9 Å². The number of fused-ring (bicyclic) bond motifs is 2. The first-order valence-electron chi connectivity index (χ1n) is 13.6. The quantitative estimate of drug-likeness (QED) is 0.255. The van der Waals surface area contributed by atoms with Crippen molar-refractivity contribution in [3.8, 4) is 11.4 Å². The van der Waals surface area contributed by atoms with Gasteiger partial charge in [0, 0.05) is 22.5 Å². The van der Waals surface area contributed by atoms with Crippen molar-refractivity contribution in [1.29, 1.82) is 0 Å². The van der Waals surface area contributed by atoms with Gasteiger partial charge in [-0.3, -0.25) is 5.32 Å². The summed E-state index contributed by atoms with van der Waals surface area (Å²) in [7, 11) is 0. The summed E-state index contributed by atoms with van der Waals surface area (Å²) < 4.78 is 0. The van der Waals surface area contributed by atoms with Crippen LogP contribution in [0.15, 0.2) is 120 Å². The number of rotatable bonds is 4. The summed E-state index contributed by atoms with van der Waals surface area (Å²) in [5, 5.41) is 12.3. The Morgan fingerprint density at radius 1 is 0.625 bits per heavy atom. The largest absolute Gasteiger partial charge is 0.350 e. The third-order valence-electron chi connectivity index (χ3n) is 7.51. The first-order chi connectivity index (χ1) is 19.6. The first kappa shape index (κ1) is 24.2. The lowest BCUT2D eigenvalue weighted by Crippen LogP contribution is -2.45. The Hall–Kier alpha value is -4.87. The van der Waals surface area contributed by atoms with E-state index in [4.69, 9.17) is 4.99 Å². The van der Waals surface area contributed by atoms with Gasteiger partial charge in [0.1, 0.15) is 18.2 Å². The van der Waals surface area contributed by atoms with Crippen LogP contribution in [0.25, 0.3) is 32.9 Å². The van der Waals surface area contributed by atoms with Gasteiger partial charge in [0.15, 0.2) is 5.82 Å². The molecule has 0 spiro atoms. The molecule has 0 aliphatic carbocycles. The zero-order valence-electron chi connectivity index (χ0n) is 22.5. The molecule has 2 atom stereocenters. The van der Waals surface area contributed by atoms with Crippen LogP contribution in [0.1, 0.15) is 40.4 Å². The third-order valence-corrected chi connectivity index (χ3v) is 7.51. The van der Waals surface area contributed by atoms with Crippen LogP contribution in [0.4, 0.5) is 0 Å². The molecule has 0 amide bonds. The number of amidine groups is 1. The van der Waals surface area contributed by atoms with E-state index >= 15 is 0 Å². The molecular formula is C35H29N5. The molecule has 2 unspecified atom stereocenters. The number of hydrogen-bond donors (Lipinski definition) is 2. The smallest absolute Gasteiger partial charge is 0.159 e. The van der Waals surface area contributed by atoms with Crippen LogP contribution >= 0.6 is 0 Å². The topological polar surface area (TPSA) is 62.2 Å². The summed E-state index contributed by atoms with van der Waals surface area (Å²) in [4.78, 5) is 14.5. The number of nitrogens with one attached hydrogen (secondary N) is 2. The van der Waals surface area contributed by atoms with E-state index in [1.165, 1.54) is 21.5 Å². The molecule has 0 fully saturated rings. The Kier molecular flexibility index (Phi) is 6.06. The number of nitrogens with zero attached hydrogens (tertiary/aromatic N) is 3. The molecule has 5 nitrogen and oxygen atoms in total. The number of hydrogen-bond acceptors (Lipinski definition) is 5. The van der Waals surface area contributed by atoms with Gasteiger partial charge in [-0.1, -0.05) is 109 Å². The van der Waals surface area contributed by atoms with E-state index in [9.17, 15) is 0 Å². The molecule has 2 heterocycles. The fourth-order valence-electron chi connectivity index (χ4n) is 5.63. The predicted molar refractivity (Wildman–Crippen MR) is 163 cm³/mol. The van der Waals surface area contributed by atoms with E-state index < -0.39 is 0 Å². The molecule has 1 aromatic heterocycles. The van der Waals surface area contributed by atoms with Crippen LogP contribution < -0.4 is 10.6 Å². The molecule has 5 aromatic carbocycles. The van der Waals surface area contributed by atoms with Gasteiger partial charge in [0.2, 0.25) is 0 Å². The second-order valence-corrected chi connectivity index (χ2v) is 10.3. The average molecular weight is 520 g/mol. The standard InChI is InChI=1S/C35H29N5/c1-22-21-23(2)37-32(36-22)26-17-19-27(20-18-26)33-38-34(30-15-7-11-24-9-3-5-13-28(24)30)40-35(39-33)31-16-8-12-25-10-4-6-14-29(25)31/h3-21,33-34,38H,1-2H3,(H,39,40). The molecule has 6 aromatic rings. The minimum atomic E-state index is -0.228. The van der Waals surface area contributed by atoms with Crippen molar-refractivity contribution in [2.24, 2.45) is 4.99 Å². The molecule has 2 N–H and O–H groups in total. The number of aliphatic imine (C=N–C) groups is 1. The monoisotopic (exact) mass is 519 g/mol. The minimum Gasteiger partial charge on any atom is -0.350 e. The highest BCUT2D eigenvalue weighted by Gasteiger charge is 2.27. The Morgan fingerprint density at radius 3 is 2.00 bits per heavy atom. The van der Waals surface area contributed by atoms with Gasteiger partial charge in [0.25, 0.3) is 0 Å². The second kappa shape index (κ2) is 10.0. The van der Waals surface area contributed by atoms with Crippen molar-refractivity contribution in [3.05, 3.63) is 143 Å². The molecule has 0 saturated heterocycles. The molecule has 0 radical (unpaired) electrons. The molecule has 1 aliphatic rings. The van der Waals surface area contributed by atoms with Gasteiger partial charge in [0.05, 0.1) is 0 Å². The number of benzene rings is 5. The molecule has 1 aliphatic heterocycles. The lowest BCUT2D eigenvalue weighted by atomic mass is 9.99. The summed E-state index contributed by atoms with van der Waals surface area (Å²) in [5.74, 6) is 1.63. The van der Waals surface area contributed by atoms with Gasteiger partial charge < -0.3 is 5.32 Å². The Morgan fingerprint density at radius 2 is 1.25 bits per heavy atom. The van der Waals surface area contributed by atoms with Gasteiger partial charge in [-0.15, -0.1) is 0 Å². The molecule has 40 heavy (non-hydrogen) atoms. The SMILES string of the molecule is Cc1cc(C)nc(-c2ccc(C3NC(c4cccc5ccccc45)=NC(c4cccc5ccccc45)N3)cc2)n1. The molecule has 194 valence electrons. The van der Waals surface area contributed by atoms with Crippen LogP contribution in [-0.4, -0.2) is 15.8 Å². The predicted octanol–water partition coefficient (Wildman–Crippen LogP) is 7.40. The molecular weight excluding hydrogens is 490 g/mol. The summed E-state index contributed by atoms with van der Waals surface area (Å²) in [6.07, 6.45) is -0.376. The highest BCUT2D eigenvalue weighted by molar-refractivity contribution is 6.10. The van der Waals surface area contributed by atoms with E-state index in [2.05, 4.69) is 130 Å².